The minimum Gasteiger partial charge on any atom is -0.321 e. The van der Waals surface area contributed by atoms with Gasteiger partial charge in [-0.15, -0.1) is 0 Å². The predicted molar refractivity (Wildman–Crippen MR) is 110 cm³/mol. The van der Waals surface area contributed by atoms with Gasteiger partial charge in [-0.05, 0) is 68.8 Å². The van der Waals surface area contributed by atoms with Gasteiger partial charge in [0.25, 0.3) is 5.91 Å². The van der Waals surface area contributed by atoms with E-state index in [9.17, 15) is 9.59 Å². The number of carbonyl (C=O) groups excluding carboxylic acids is 2. The number of anilines is 3. The Hall–Kier alpha value is -3.54. The first-order valence-electron chi connectivity index (χ1n) is 9.07. The van der Waals surface area contributed by atoms with Crippen molar-refractivity contribution in [2.45, 2.75) is 20.8 Å². The number of aromatic nitrogens is 2. The molecular weight excluding hydrogens is 352 g/mol. The van der Waals surface area contributed by atoms with Crippen molar-refractivity contribution in [3.8, 4) is 0 Å². The van der Waals surface area contributed by atoms with Crippen LogP contribution >= 0.6 is 0 Å². The average molecular weight is 374 g/mol. The molecular formula is C22H22N4O2. The summed E-state index contributed by atoms with van der Waals surface area (Å²) < 4.78 is 0. The van der Waals surface area contributed by atoms with Gasteiger partial charge in [-0.1, -0.05) is 12.1 Å². The summed E-state index contributed by atoms with van der Waals surface area (Å²) in [6.07, 6.45) is 1.58. The Balaban J connectivity index is 1.81. The Kier molecular flexibility index (Phi) is 5.79. The molecule has 3 aromatic rings. The van der Waals surface area contributed by atoms with Crippen LogP contribution < -0.4 is 10.2 Å². The highest BCUT2D eigenvalue weighted by Gasteiger charge is 2.14. The lowest BCUT2D eigenvalue weighted by Gasteiger charge is -2.21. The maximum atomic E-state index is 12.6. The number of aryl methyl sites for hydroxylation is 1. The molecule has 0 saturated carbocycles. The van der Waals surface area contributed by atoms with Gasteiger partial charge in [0.05, 0.1) is 0 Å². The molecule has 0 saturated heterocycles. The Bertz CT molecular complexity index is 999. The number of nitrogens with zero attached hydrogens (tertiary/aromatic N) is 3. The molecule has 0 radical (unpaired) electrons. The number of Topliss-reactive ketones (excluding diaryl/α,β-unsaturated/α-hetero) is 1. The molecule has 6 heteroatoms. The van der Waals surface area contributed by atoms with Gasteiger partial charge in [-0.3, -0.25) is 9.59 Å². The molecule has 0 fully saturated rings. The van der Waals surface area contributed by atoms with E-state index in [4.69, 9.17) is 0 Å². The molecule has 1 aromatic heterocycles. The van der Waals surface area contributed by atoms with E-state index in [0.29, 0.717) is 23.7 Å². The Morgan fingerprint density at radius 2 is 1.82 bits per heavy atom. The van der Waals surface area contributed by atoms with Crippen LogP contribution in [0.4, 0.5) is 17.3 Å². The first-order valence-corrected chi connectivity index (χ1v) is 9.07. The first kappa shape index (κ1) is 19.2. The summed E-state index contributed by atoms with van der Waals surface area (Å²) in [5, 5.41) is 2.80. The van der Waals surface area contributed by atoms with Crippen molar-refractivity contribution in [1.82, 2.24) is 9.97 Å². The van der Waals surface area contributed by atoms with Crippen molar-refractivity contribution in [2.24, 2.45) is 0 Å². The molecule has 0 aliphatic heterocycles. The second kappa shape index (κ2) is 8.43. The molecule has 0 atom stereocenters. The van der Waals surface area contributed by atoms with Gasteiger partial charge in [0.1, 0.15) is 5.69 Å². The van der Waals surface area contributed by atoms with E-state index in [-0.39, 0.29) is 17.4 Å². The predicted octanol–water partition coefficient (Wildman–Crippen LogP) is 4.40. The fourth-order valence-electron chi connectivity index (χ4n) is 2.82. The highest BCUT2D eigenvalue weighted by Crippen LogP contribution is 2.22. The standard InChI is InChI=1S/C22H22N4O2/c1-4-26(19-7-5-6-15(2)14-19)22-23-13-12-20(25-22)21(28)24-18-10-8-17(9-11-18)16(3)27/h5-14H,4H2,1-3H3,(H,24,28). The van der Waals surface area contributed by atoms with E-state index >= 15 is 0 Å². The largest absolute Gasteiger partial charge is 0.321 e. The zero-order chi connectivity index (χ0) is 20.1. The summed E-state index contributed by atoms with van der Waals surface area (Å²) in [5.41, 5.74) is 3.57. The molecule has 28 heavy (non-hydrogen) atoms. The minimum atomic E-state index is -0.334. The molecule has 0 aliphatic rings. The van der Waals surface area contributed by atoms with Gasteiger partial charge in [0.2, 0.25) is 5.95 Å². The zero-order valence-electron chi connectivity index (χ0n) is 16.1. The number of ketones is 1. The van der Waals surface area contributed by atoms with E-state index in [1.54, 1.807) is 36.5 Å². The summed E-state index contributed by atoms with van der Waals surface area (Å²) in [5.74, 6) is 0.112. The number of hydrogen-bond donors (Lipinski definition) is 1. The van der Waals surface area contributed by atoms with Gasteiger partial charge in [-0.25, -0.2) is 9.97 Å². The lowest BCUT2D eigenvalue weighted by molar-refractivity contribution is 0.101. The van der Waals surface area contributed by atoms with Crippen molar-refractivity contribution < 1.29 is 9.59 Å². The molecule has 6 nitrogen and oxygen atoms in total. The van der Waals surface area contributed by atoms with E-state index in [2.05, 4.69) is 21.4 Å². The van der Waals surface area contributed by atoms with E-state index in [1.165, 1.54) is 6.92 Å². The third-order valence-corrected chi connectivity index (χ3v) is 4.30. The molecule has 2 aromatic carbocycles. The Labute approximate surface area is 164 Å². The first-order chi connectivity index (χ1) is 13.5. The van der Waals surface area contributed by atoms with Crippen LogP contribution in [0.25, 0.3) is 0 Å². The van der Waals surface area contributed by atoms with Gasteiger partial charge < -0.3 is 10.2 Å². The molecule has 142 valence electrons. The van der Waals surface area contributed by atoms with Crippen LogP contribution in [-0.4, -0.2) is 28.2 Å². The number of carbonyl (C=O) groups is 2. The van der Waals surface area contributed by atoms with Crippen molar-refractivity contribution >= 4 is 29.0 Å². The van der Waals surface area contributed by atoms with Crippen molar-refractivity contribution in [2.75, 3.05) is 16.8 Å². The third kappa shape index (κ3) is 4.40. The van der Waals surface area contributed by atoms with Crippen LogP contribution in [-0.2, 0) is 0 Å². The molecule has 1 amide bonds. The summed E-state index contributed by atoms with van der Waals surface area (Å²) in [6.45, 7) is 6.21. The highest BCUT2D eigenvalue weighted by molar-refractivity contribution is 6.03. The molecule has 0 unspecified atom stereocenters. The molecule has 1 heterocycles. The zero-order valence-corrected chi connectivity index (χ0v) is 16.1. The number of rotatable bonds is 6. The number of hydrogen-bond acceptors (Lipinski definition) is 5. The summed E-state index contributed by atoms with van der Waals surface area (Å²) in [6, 6.07) is 16.4. The van der Waals surface area contributed by atoms with Crippen LogP contribution in [0.2, 0.25) is 0 Å². The maximum absolute atomic E-state index is 12.6. The smallest absolute Gasteiger partial charge is 0.274 e. The number of benzene rings is 2. The second-order valence-electron chi connectivity index (χ2n) is 6.41. The topological polar surface area (TPSA) is 75.2 Å². The number of nitrogens with one attached hydrogen (secondary N) is 1. The Morgan fingerprint density at radius 3 is 2.46 bits per heavy atom. The molecule has 3 rings (SSSR count). The van der Waals surface area contributed by atoms with Crippen molar-refractivity contribution in [3.63, 3.8) is 0 Å². The van der Waals surface area contributed by atoms with Gasteiger partial charge in [0.15, 0.2) is 5.78 Å². The summed E-state index contributed by atoms with van der Waals surface area (Å²) in [7, 11) is 0. The number of amides is 1. The lowest BCUT2D eigenvalue weighted by Crippen LogP contribution is -2.21. The molecule has 1 N–H and O–H groups in total. The van der Waals surface area contributed by atoms with E-state index in [0.717, 1.165) is 11.3 Å². The van der Waals surface area contributed by atoms with Crippen molar-refractivity contribution in [3.05, 3.63) is 77.6 Å². The van der Waals surface area contributed by atoms with Crippen LogP contribution in [0.3, 0.4) is 0 Å². The highest BCUT2D eigenvalue weighted by atomic mass is 16.2. The lowest BCUT2D eigenvalue weighted by atomic mass is 10.1. The monoisotopic (exact) mass is 374 g/mol. The molecule has 0 aliphatic carbocycles. The molecule has 0 spiro atoms. The molecule has 0 bridgehead atoms. The van der Waals surface area contributed by atoms with Gasteiger partial charge in [0, 0.05) is 29.7 Å². The minimum absolute atomic E-state index is 0.0193. The quantitative estimate of drug-likeness (QED) is 0.647. The van der Waals surface area contributed by atoms with Crippen LogP contribution in [0.15, 0.2) is 60.8 Å². The fourth-order valence-corrected chi connectivity index (χ4v) is 2.82. The second-order valence-corrected chi connectivity index (χ2v) is 6.41. The average Bonchev–Trinajstić information content (AvgIpc) is 2.69. The Morgan fingerprint density at radius 1 is 1.07 bits per heavy atom. The summed E-state index contributed by atoms with van der Waals surface area (Å²) in [4.78, 5) is 34.7. The summed E-state index contributed by atoms with van der Waals surface area (Å²) >= 11 is 0. The van der Waals surface area contributed by atoms with Crippen molar-refractivity contribution in [1.29, 1.82) is 0 Å². The van der Waals surface area contributed by atoms with E-state index in [1.807, 2.05) is 36.9 Å². The normalized spacial score (nSPS) is 10.4. The van der Waals surface area contributed by atoms with Crippen LogP contribution in [0.5, 0.6) is 0 Å². The third-order valence-electron chi connectivity index (χ3n) is 4.30. The van der Waals surface area contributed by atoms with Crippen LogP contribution in [0.1, 0.15) is 40.3 Å². The van der Waals surface area contributed by atoms with Gasteiger partial charge >= 0.3 is 0 Å². The SMILES string of the molecule is CCN(c1cccc(C)c1)c1nccc(C(=O)Nc2ccc(C(C)=O)cc2)n1. The van der Waals surface area contributed by atoms with E-state index < -0.39 is 0 Å². The van der Waals surface area contributed by atoms with Gasteiger partial charge in [-0.2, -0.15) is 0 Å². The van der Waals surface area contributed by atoms with Crippen LogP contribution in [0, 0.1) is 6.92 Å². The fraction of sp³-hybridized carbons (Fsp3) is 0.182. The maximum Gasteiger partial charge on any atom is 0.274 e.